The molecule has 0 amide bonds. The Labute approximate surface area is 162 Å². The molecule has 0 heterocycles. The first-order valence-corrected chi connectivity index (χ1v) is 11.1. The lowest BCUT2D eigenvalue weighted by Gasteiger charge is -2.13. The van der Waals surface area contributed by atoms with Crippen LogP contribution in [-0.2, 0) is 23.2 Å². The molecule has 146 valence electrons. The average Bonchev–Trinajstić information content (AvgIpc) is 3.17. The van der Waals surface area contributed by atoms with Crippen LogP contribution in [0.25, 0.3) is 0 Å². The quantitative estimate of drug-likeness (QED) is 0.612. The van der Waals surface area contributed by atoms with Crippen molar-refractivity contribution in [1.29, 1.82) is 0 Å². The van der Waals surface area contributed by atoms with E-state index in [2.05, 4.69) is 9.44 Å². The minimum Gasteiger partial charge on any atom is -0.489 e. The summed E-state index contributed by atoms with van der Waals surface area (Å²) < 4.78 is 35.1. The summed E-state index contributed by atoms with van der Waals surface area (Å²) in [7, 11) is -3.38. The summed E-state index contributed by atoms with van der Waals surface area (Å²) >= 11 is 0. The van der Waals surface area contributed by atoms with Gasteiger partial charge in [0.25, 0.3) is 10.2 Å². The topological polar surface area (TPSA) is 67.4 Å². The Morgan fingerprint density at radius 3 is 2.33 bits per heavy atom. The van der Waals surface area contributed by atoms with Crippen LogP contribution in [0.1, 0.15) is 43.2 Å². The van der Waals surface area contributed by atoms with E-state index in [1.807, 2.05) is 54.6 Å². The first kappa shape index (κ1) is 19.9. The highest BCUT2D eigenvalue weighted by Crippen LogP contribution is 2.18. The van der Waals surface area contributed by atoms with Gasteiger partial charge in [-0.2, -0.15) is 13.1 Å². The van der Waals surface area contributed by atoms with Crippen molar-refractivity contribution < 1.29 is 13.2 Å². The molecule has 5 nitrogen and oxygen atoms in total. The molecule has 0 unspecified atom stereocenters. The minimum atomic E-state index is -3.38. The third-order valence-electron chi connectivity index (χ3n) is 4.78. The predicted molar refractivity (Wildman–Crippen MR) is 108 cm³/mol. The van der Waals surface area contributed by atoms with Gasteiger partial charge in [-0.1, -0.05) is 55.3 Å². The maximum absolute atomic E-state index is 12.0. The van der Waals surface area contributed by atoms with E-state index in [0.29, 0.717) is 13.2 Å². The Hall–Kier alpha value is -1.89. The van der Waals surface area contributed by atoms with Crippen molar-refractivity contribution in [2.75, 3.05) is 6.54 Å². The van der Waals surface area contributed by atoms with Crippen LogP contribution < -0.4 is 14.2 Å². The van der Waals surface area contributed by atoms with Crippen LogP contribution in [0.3, 0.4) is 0 Å². The van der Waals surface area contributed by atoms with Crippen molar-refractivity contribution in [2.24, 2.45) is 0 Å². The third kappa shape index (κ3) is 6.97. The summed E-state index contributed by atoms with van der Waals surface area (Å²) in [6.07, 6.45) is 5.69. The fourth-order valence-corrected chi connectivity index (χ4v) is 4.47. The molecular formula is C21H28N2O3S. The molecule has 0 aromatic heterocycles. The number of rotatable bonds is 10. The summed E-state index contributed by atoms with van der Waals surface area (Å²) in [6.45, 7) is 0.990. The van der Waals surface area contributed by atoms with Gasteiger partial charge in [0.05, 0.1) is 0 Å². The second-order valence-corrected chi connectivity index (χ2v) is 8.55. The van der Waals surface area contributed by atoms with Crippen LogP contribution in [0.5, 0.6) is 5.75 Å². The molecule has 2 N–H and O–H groups in total. The molecule has 0 bridgehead atoms. The molecule has 6 heteroatoms. The summed E-state index contributed by atoms with van der Waals surface area (Å²) in [5, 5.41) is 0. The molecule has 0 atom stereocenters. The number of aryl methyl sites for hydroxylation is 1. The van der Waals surface area contributed by atoms with Crippen LogP contribution in [0, 0.1) is 0 Å². The molecule has 27 heavy (non-hydrogen) atoms. The number of hydrogen-bond donors (Lipinski definition) is 2. The molecule has 0 aliphatic heterocycles. The molecule has 1 aliphatic rings. The highest BCUT2D eigenvalue weighted by molar-refractivity contribution is 7.87. The summed E-state index contributed by atoms with van der Waals surface area (Å²) in [5.74, 6) is 0.837. The van der Waals surface area contributed by atoms with E-state index < -0.39 is 10.2 Å². The zero-order chi connectivity index (χ0) is 19.0. The lowest BCUT2D eigenvalue weighted by atomic mass is 10.1. The molecule has 1 saturated carbocycles. The first-order valence-electron chi connectivity index (χ1n) is 9.63. The van der Waals surface area contributed by atoms with Crippen molar-refractivity contribution in [2.45, 2.75) is 51.2 Å². The molecule has 0 spiro atoms. The molecule has 2 aromatic rings. The Morgan fingerprint density at radius 1 is 0.926 bits per heavy atom. The van der Waals surface area contributed by atoms with Crippen LogP contribution in [0.2, 0.25) is 0 Å². The maximum Gasteiger partial charge on any atom is 0.277 e. The van der Waals surface area contributed by atoms with Gasteiger partial charge in [0.2, 0.25) is 0 Å². The average molecular weight is 389 g/mol. The molecule has 1 fully saturated rings. The van der Waals surface area contributed by atoms with E-state index >= 15 is 0 Å². The SMILES string of the molecule is O=S(=O)(NCCCc1ccc(OCc2ccccc2)cc1)NC1CCCC1. The fourth-order valence-electron chi connectivity index (χ4n) is 3.30. The van der Waals surface area contributed by atoms with E-state index in [0.717, 1.165) is 49.8 Å². The standard InChI is InChI=1S/C21H28N2O3S/c24-27(25,23-20-10-4-5-11-20)22-16-6-9-18-12-14-21(15-13-18)26-17-19-7-2-1-3-8-19/h1-3,7-8,12-15,20,22-23H,4-6,9-11,16-17H2. The summed E-state index contributed by atoms with van der Waals surface area (Å²) in [4.78, 5) is 0. The number of nitrogens with one attached hydrogen (secondary N) is 2. The van der Waals surface area contributed by atoms with Crippen molar-refractivity contribution in [3.8, 4) is 5.75 Å². The largest absolute Gasteiger partial charge is 0.489 e. The van der Waals surface area contributed by atoms with Gasteiger partial charge in [-0.15, -0.1) is 0 Å². The molecular weight excluding hydrogens is 360 g/mol. The Morgan fingerprint density at radius 2 is 1.63 bits per heavy atom. The minimum absolute atomic E-state index is 0.103. The number of hydrogen-bond acceptors (Lipinski definition) is 3. The second-order valence-electron chi connectivity index (χ2n) is 7.02. The lowest BCUT2D eigenvalue weighted by Crippen LogP contribution is -2.42. The fraction of sp³-hybridized carbons (Fsp3) is 0.429. The molecule has 3 rings (SSSR count). The van der Waals surface area contributed by atoms with E-state index in [1.165, 1.54) is 5.56 Å². The monoisotopic (exact) mass is 388 g/mol. The lowest BCUT2D eigenvalue weighted by molar-refractivity contribution is 0.306. The highest BCUT2D eigenvalue weighted by Gasteiger charge is 2.20. The van der Waals surface area contributed by atoms with Gasteiger partial charge < -0.3 is 4.74 Å². The van der Waals surface area contributed by atoms with E-state index in [4.69, 9.17) is 4.74 Å². The Bertz CT molecular complexity index is 786. The van der Waals surface area contributed by atoms with E-state index in [9.17, 15) is 8.42 Å². The van der Waals surface area contributed by atoms with Crippen LogP contribution >= 0.6 is 0 Å². The molecule has 1 aliphatic carbocycles. The highest BCUT2D eigenvalue weighted by atomic mass is 32.2. The second kappa shape index (κ2) is 9.88. The van der Waals surface area contributed by atoms with Crippen molar-refractivity contribution in [3.63, 3.8) is 0 Å². The predicted octanol–water partition coefficient (Wildman–Crippen LogP) is 3.56. The summed E-state index contributed by atoms with van der Waals surface area (Å²) in [6, 6.07) is 18.2. The van der Waals surface area contributed by atoms with Crippen LogP contribution in [0.15, 0.2) is 54.6 Å². The van der Waals surface area contributed by atoms with E-state index in [1.54, 1.807) is 0 Å². The van der Waals surface area contributed by atoms with Gasteiger partial charge in [0.1, 0.15) is 12.4 Å². The van der Waals surface area contributed by atoms with E-state index in [-0.39, 0.29) is 6.04 Å². The molecule has 0 saturated heterocycles. The van der Waals surface area contributed by atoms with Gasteiger partial charge in [-0.25, -0.2) is 4.72 Å². The smallest absolute Gasteiger partial charge is 0.277 e. The maximum atomic E-state index is 12.0. The Kier molecular flexibility index (Phi) is 7.26. The molecule has 0 radical (unpaired) electrons. The zero-order valence-corrected chi connectivity index (χ0v) is 16.4. The Balaban J connectivity index is 1.36. The van der Waals surface area contributed by atoms with Crippen LogP contribution in [-0.4, -0.2) is 21.0 Å². The number of ether oxygens (including phenoxy) is 1. The van der Waals surface area contributed by atoms with Crippen molar-refractivity contribution in [3.05, 3.63) is 65.7 Å². The van der Waals surface area contributed by atoms with Gasteiger partial charge in [0, 0.05) is 12.6 Å². The van der Waals surface area contributed by atoms with Gasteiger partial charge in [-0.05, 0) is 48.9 Å². The zero-order valence-electron chi connectivity index (χ0n) is 15.6. The van der Waals surface area contributed by atoms with Crippen molar-refractivity contribution in [1.82, 2.24) is 9.44 Å². The van der Waals surface area contributed by atoms with Gasteiger partial charge in [0.15, 0.2) is 0 Å². The summed E-state index contributed by atoms with van der Waals surface area (Å²) in [5.41, 5.74) is 2.31. The van der Waals surface area contributed by atoms with Gasteiger partial charge in [-0.3, -0.25) is 0 Å². The first-order chi connectivity index (χ1) is 13.1. The third-order valence-corrected chi connectivity index (χ3v) is 6.01. The van der Waals surface area contributed by atoms with Gasteiger partial charge >= 0.3 is 0 Å². The normalized spacial score (nSPS) is 15.1. The molecule has 2 aromatic carbocycles. The number of benzene rings is 2. The van der Waals surface area contributed by atoms with Crippen molar-refractivity contribution >= 4 is 10.2 Å². The van der Waals surface area contributed by atoms with Crippen LogP contribution in [0.4, 0.5) is 0 Å².